The van der Waals surface area contributed by atoms with E-state index in [4.69, 9.17) is 9.26 Å². The van der Waals surface area contributed by atoms with Gasteiger partial charge in [-0.05, 0) is 30.4 Å². The molecule has 0 spiro atoms. The van der Waals surface area contributed by atoms with E-state index in [9.17, 15) is 4.79 Å². The molecule has 0 radical (unpaired) electrons. The number of urea groups is 1. The highest BCUT2D eigenvalue weighted by Gasteiger charge is 2.28. The van der Waals surface area contributed by atoms with Crippen LogP contribution in [0.5, 0.6) is 0 Å². The normalized spacial score (nSPS) is 18.1. The molecule has 1 aromatic carbocycles. The number of methoxy groups -OCH3 is 1. The van der Waals surface area contributed by atoms with Gasteiger partial charge in [-0.25, -0.2) is 4.79 Å². The van der Waals surface area contributed by atoms with Crippen molar-refractivity contribution in [1.29, 1.82) is 0 Å². The molecule has 1 saturated heterocycles. The number of benzene rings is 1. The van der Waals surface area contributed by atoms with Crippen LogP contribution >= 0.6 is 0 Å². The number of amides is 2. The number of nitrogens with one attached hydrogen (secondary N) is 1. The van der Waals surface area contributed by atoms with Crippen molar-refractivity contribution in [2.45, 2.75) is 38.5 Å². The maximum Gasteiger partial charge on any atom is 0.317 e. The summed E-state index contributed by atoms with van der Waals surface area (Å²) in [6, 6.07) is 9.20. The molecule has 1 N–H and O–H groups in total. The van der Waals surface area contributed by atoms with Crippen LogP contribution in [-0.4, -0.2) is 65.3 Å². The van der Waals surface area contributed by atoms with Crippen molar-refractivity contribution >= 4 is 6.03 Å². The van der Waals surface area contributed by atoms with Crippen molar-refractivity contribution in [2.24, 2.45) is 0 Å². The van der Waals surface area contributed by atoms with Gasteiger partial charge in [0.2, 0.25) is 5.89 Å². The lowest BCUT2D eigenvalue weighted by atomic mass is 10.1. The summed E-state index contributed by atoms with van der Waals surface area (Å²) in [6.07, 6.45) is 3.21. The van der Waals surface area contributed by atoms with Gasteiger partial charge in [0.1, 0.15) is 6.61 Å². The largest absolute Gasteiger partial charge is 0.377 e. The van der Waals surface area contributed by atoms with Gasteiger partial charge in [0.05, 0.1) is 6.54 Å². The van der Waals surface area contributed by atoms with E-state index in [-0.39, 0.29) is 12.6 Å². The number of carbonyl (C=O) groups excluding carboxylic acids is 1. The highest BCUT2D eigenvalue weighted by atomic mass is 16.5. The van der Waals surface area contributed by atoms with Crippen molar-refractivity contribution in [3.63, 3.8) is 0 Å². The Labute approximate surface area is 164 Å². The minimum atomic E-state index is -0.0805. The highest BCUT2D eigenvalue weighted by molar-refractivity contribution is 5.74. The molecule has 1 aromatic heterocycles. The standard InChI is InChI=1S/C20H27N5O3/c1-27-14-18-22-19(28-23-18)13-21-20(26)25-8-4-7-24(9-10-25)17-11-15-5-2-3-6-16(15)12-17/h2-3,5-6,17H,4,7-14H2,1H3,(H,21,26). The molecule has 1 aliphatic carbocycles. The average Bonchev–Trinajstić information content (AvgIpc) is 3.26. The molecular weight excluding hydrogens is 358 g/mol. The molecule has 0 unspecified atom stereocenters. The van der Waals surface area contributed by atoms with Gasteiger partial charge in [0, 0.05) is 39.3 Å². The second kappa shape index (κ2) is 8.70. The number of hydrogen-bond acceptors (Lipinski definition) is 6. The van der Waals surface area contributed by atoms with Gasteiger partial charge in [-0.1, -0.05) is 29.4 Å². The first kappa shape index (κ1) is 18.9. The number of rotatable bonds is 5. The molecule has 4 rings (SSSR count). The summed E-state index contributed by atoms with van der Waals surface area (Å²) < 4.78 is 10.1. The molecule has 2 heterocycles. The topological polar surface area (TPSA) is 83.7 Å². The zero-order valence-electron chi connectivity index (χ0n) is 16.3. The lowest BCUT2D eigenvalue weighted by molar-refractivity contribution is 0.174. The fourth-order valence-electron chi connectivity index (χ4n) is 4.11. The van der Waals surface area contributed by atoms with E-state index in [0.717, 1.165) is 45.4 Å². The predicted octanol–water partition coefficient (Wildman–Crippen LogP) is 1.60. The zero-order chi connectivity index (χ0) is 19.3. The van der Waals surface area contributed by atoms with Gasteiger partial charge < -0.3 is 19.5 Å². The van der Waals surface area contributed by atoms with Crippen LogP contribution in [0.2, 0.25) is 0 Å². The monoisotopic (exact) mass is 385 g/mol. The van der Waals surface area contributed by atoms with Crippen LogP contribution in [0.3, 0.4) is 0 Å². The molecule has 2 amide bonds. The molecule has 8 heteroatoms. The van der Waals surface area contributed by atoms with Gasteiger partial charge in [0.25, 0.3) is 0 Å². The number of carbonyl (C=O) groups is 1. The third-order valence-electron chi connectivity index (χ3n) is 5.54. The third-order valence-corrected chi connectivity index (χ3v) is 5.54. The van der Waals surface area contributed by atoms with Gasteiger partial charge in [-0.2, -0.15) is 4.98 Å². The van der Waals surface area contributed by atoms with Crippen molar-refractivity contribution in [1.82, 2.24) is 25.3 Å². The third kappa shape index (κ3) is 4.34. The smallest absolute Gasteiger partial charge is 0.317 e. The van der Waals surface area contributed by atoms with Crippen molar-refractivity contribution in [2.75, 3.05) is 33.3 Å². The fourth-order valence-corrected chi connectivity index (χ4v) is 4.11. The number of fused-ring (bicyclic) bond motifs is 1. The molecule has 8 nitrogen and oxygen atoms in total. The van der Waals surface area contributed by atoms with Gasteiger partial charge in [-0.3, -0.25) is 4.90 Å². The molecule has 1 aliphatic heterocycles. The number of ether oxygens (including phenoxy) is 1. The number of nitrogens with zero attached hydrogens (tertiary/aromatic N) is 4. The van der Waals surface area contributed by atoms with E-state index in [1.165, 1.54) is 11.1 Å². The minimum Gasteiger partial charge on any atom is -0.377 e. The van der Waals surface area contributed by atoms with Crippen molar-refractivity contribution in [3.05, 3.63) is 47.1 Å². The van der Waals surface area contributed by atoms with E-state index >= 15 is 0 Å². The molecule has 1 fully saturated rings. The first-order valence-corrected chi connectivity index (χ1v) is 9.87. The second-order valence-electron chi connectivity index (χ2n) is 7.40. The van der Waals surface area contributed by atoms with Crippen molar-refractivity contribution in [3.8, 4) is 0 Å². The van der Waals surface area contributed by atoms with Crippen LogP contribution < -0.4 is 5.32 Å². The fraction of sp³-hybridized carbons (Fsp3) is 0.550. The summed E-state index contributed by atoms with van der Waals surface area (Å²) in [5.74, 6) is 0.871. The van der Waals surface area contributed by atoms with Crippen LogP contribution in [0.1, 0.15) is 29.3 Å². The van der Waals surface area contributed by atoms with Crippen LogP contribution in [-0.2, 0) is 30.7 Å². The Morgan fingerprint density at radius 2 is 2.00 bits per heavy atom. The summed E-state index contributed by atoms with van der Waals surface area (Å²) in [4.78, 5) is 21.1. The summed E-state index contributed by atoms with van der Waals surface area (Å²) in [5.41, 5.74) is 2.94. The Kier molecular flexibility index (Phi) is 5.87. The van der Waals surface area contributed by atoms with Crippen LogP contribution in [0.4, 0.5) is 4.79 Å². The van der Waals surface area contributed by atoms with Gasteiger partial charge >= 0.3 is 6.03 Å². The Morgan fingerprint density at radius 3 is 2.75 bits per heavy atom. The summed E-state index contributed by atoms with van der Waals surface area (Å²) in [5, 5.41) is 6.68. The Morgan fingerprint density at radius 1 is 1.21 bits per heavy atom. The maximum atomic E-state index is 12.5. The Balaban J connectivity index is 1.26. The lowest BCUT2D eigenvalue weighted by Gasteiger charge is -2.27. The quantitative estimate of drug-likeness (QED) is 0.842. The Hall–Kier alpha value is -2.45. The molecule has 0 bridgehead atoms. The van der Waals surface area contributed by atoms with Crippen LogP contribution in [0, 0.1) is 0 Å². The molecule has 2 aromatic rings. The SMILES string of the molecule is COCc1noc(CNC(=O)N2CCCN(C3Cc4ccccc4C3)CC2)n1. The predicted molar refractivity (Wildman–Crippen MR) is 103 cm³/mol. The van der Waals surface area contributed by atoms with Crippen LogP contribution in [0.15, 0.2) is 28.8 Å². The minimum absolute atomic E-state index is 0.0805. The molecule has 2 aliphatic rings. The van der Waals surface area contributed by atoms with E-state index in [2.05, 4.69) is 44.6 Å². The second-order valence-corrected chi connectivity index (χ2v) is 7.40. The first-order chi connectivity index (χ1) is 13.7. The van der Waals surface area contributed by atoms with Gasteiger partial charge in [-0.15, -0.1) is 0 Å². The maximum absolute atomic E-state index is 12.5. The van der Waals surface area contributed by atoms with E-state index in [0.29, 0.717) is 24.4 Å². The summed E-state index contributed by atoms with van der Waals surface area (Å²) in [7, 11) is 1.57. The van der Waals surface area contributed by atoms with E-state index < -0.39 is 0 Å². The molecule has 150 valence electrons. The van der Waals surface area contributed by atoms with Gasteiger partial charge in [0.15, 0.2) is 5.82 Å². The summed E-state index contributed by atoms with van der Waals surface area (Å²) in [6.45, 7) is 3.97. The Bertz CT molecular complexity index is 784. The van der Waals surface area contributed by atoms with E-state index in [1.54, 1.807) is 7.11 Å². The molecule has 0 saturated carbocycles. The number of hydrogen-bond donors (Lipinski definition) is 1. The molecule has 28 heavy (non-hydrogen) atoms. The van der Waals surface area contributed by atoms with E-state index in [1.807, 2.05) is 4.90 Å². The summed E-state index contributed by atoms with van der Waals surface area (Å²) >= 11 is 0. The molecular formula is C20H27N5O3. The first-order valence-electron chi connectivity index (χ1n) is 9.87. The zero-order valence-corrected chi connectivity index (χ0v) is 16.3. The molecule has 0 atom stereocenters. The van der Waals surface area contributed by atoms with Crippen LogP contribution in [0.25, 0.3) is 0 Å². The average molecular weight is 385 g/mol. The highest BCUT2D eigenvalue weighted by Crippen LogP contribution is 2.26. The van der Waals surface area contributed by atoms with Crippen molar-refractivity contribution < 1.29 is 14.1 Å². The lowest BCUT2D eigenvalue weighted by Crippen LogP contribution is -2.43. The number of aromatic nitrogens is 2.